The Labute approximate surface area is 102 Å². The Kier molecular flexibility index (Phi) is 4.93. The van der Waals surface area contributed by atoms with Crippen molar-refractivity contribution in [3.05, 3.63) is 0 Å². The topological polar surface area (TPSA) is 83.6 Å². The molecule has 0 aromatic carbocycles. The first-order valence-electron chi connectivity index (χ1n) is 6.15. The molecule has 17 heavy (non-hydrogen) atoms. The maximum absolute atomic E-state index is 11.9. The molecule has 1 aliphatic rings. The number of carboxylic acids is 1. The first-order chi connectivity index (χ1) is 7.90. The van der Waals surface area contributed by atoms with E-state index in [9.17, 15) is 9.59 Å². The summed E-state index contributed by atoms with van der Waals surface area (Å²) >= 11 is 0. The van der Waals surface area contributed by atoms with E-state index in [0.29, 0.717) is 12.5 Å². The van der Waals surface area contributed by atoms with E-state index < -0.39 is 5.97 Å². The standard InChI is InChI=1S/C12H22N2O3/c1-8(2)10(13)5-11(15)14(7-12(16)17)6-9-3-4-9/h8-10H,3-7,13H2,1-2H3,(H,16,17). The summed E-state index contributed by atoms with van der Waals surface area (Å²) in [6.45, 7) is 4.27. The first kappa shape index (κ1) is 14.0. The van der Waals surface area contributed by atoms with Crippen LogP contribution >= 0.6 is 0 Å². The minimum Gasteiger partial charge on any atom is -0.480 e. The number of nitrogens with zero attached hydrogens (tertiary/aromatic N) is 1. The molecule has 0 aromatic rings. The summed E-state index contributed by atoms with van der Waals surface area (Å²) in [6, 6.07) is -0.196. The van der Waals surface area contributed by atoms with Gasteiger partial charge in [0.25, 0.3) is 0 Å². The zero-order valence-electron chi connectivity index (χ0n) is 10.6. The first-order valence-corrected chi connectivity index (χ1v) is 6.15. The van der Waals surface area contributed by atoms with E-state index >= 15 is 0 Å². The molecule has 1 atom stereocenters. The number of rotatable bonds is 7. The third-order valence-corrected chi connectivity index (χ3v) is 3.12. The number of nitrogens with two attached hydrogens (primary N) is 1. The van der Waals surface area contributed by atoms with Crippen molar-refractivity contribution in [3.63, 3.8) is 0 Å². The zero-order chi connectivity index (χ0) is 13.0. The third kappa shape index (κ3) is 5.17. The minimum absolute atomic E-state index is 0.138. The third-order valence-electron chi connectivity index (χ3n) is 3.12. The smallest absolute Gasteiger partial charge is 0.323 e. The van der Waals surface area contributed by atoms with Crippen molar-refractivity contribution >= 4 is 11.9 Å². The van der Waals surface area contributed by atoms with Gasteiger partial charge in [-0.25, -0.2) is 0 Å². The van der Waals surface area contributed by atoms with Crippen LogP contribution in [0.1, 0.15) is 33.1 Å². The highest BCUT2D eigenvalue weighted by Gasteiger charge is 2.28. The molecule has 0 spiro atoms. The summed E-state index contributed by atoms with van der Waals surface area (Å²) in [5.74, 6) is -0.377. The molecule has 98 valence electrons. The fourth-order valence-electron chi connectivity index (χ4n) is 1.60. The van der Waals surface area contributed by atoms with Crippen LogP contribution in [0.4, 0.5) is 0 Å². The molecule has 0 aliphatic heterocycles. The Balaban J connectivity index is 2.48. The summed E-state index contributed by atoms with van der Waals surface area (Å²) in [5, 5.41) is 8.78. The van der Waals surface area contributed by atoms with E-state index in [4.69, 9.17) is 10.8 Å². The maximum Gasteiger partial charge on any atom is 0.323 e. The molecule has 0 radical (unpaired) electrons. The molecule has 1 amide bonds. The van der Waals surface area contributed by atoms with Gasteiger partial charge < -0.3 is 15.7 Å². The normalized spacial score (nSPS) is 16.9. The van der Waals surface area contributed by atoms with E-state index in [2.05, 4.69) is 0 Å². The monoisotopic (exact) mass is 242 g/mol. The molecular weight excluding hydrogens is 220 g/mol. The van der Waals surface area contributed by atoms with Gasteiger partial charge in [-0.1, -0.05) is 13.8 Å². The van der Waals surface area contributed by atoms with Gasteiger partial charge in [0.15, 0.2) is 0 Å². The van der Waals surface area contributed by atoms with Crippen LogP contribution in [-0.2, 0) is 9.59 Å². The lowest BCUT2D eigenvalue weighted by Gasteiger charge is -2.23. The lowest BCUT2D eigenvalue weighted by Crippen LogP contribution is -2.41. The highest BCUT2D eigenvalue weighted by Crippen LogP contribution is 2.29. The van der Waals surface area contributed by atoms with Gasteiger partial charge in [0.1, 0.15) is 6.54 Å². The molecular formula is C12H22N2O3. The zero-order valence-corrected chi connectivity index (χ0v) is 10.6. The summed E-state index contributed by atoms with van der Waals surface area (Å²) in [7, 11) is 0. The molecule has 3 N–H and O–H groups in total. The SMILES string of the molecule is CC(C)C(N)CC(=O)N(CC(=O)O)CC1CC1. The molecule has 5 heteroatoms. The lowest BCUT2D eigenvalue weighted by molar-refractivity contribution is -0.144. The molecule has 1 unspecified atom stereocenters. The number of hydrogen-bond donors (Lipinski definition) is 2. The van der Waals surface area contributed by atoms with Gasteiger partial charge in [0.05, 0.1) is 0 Å². The Morgan fingerprint density at radius 2 is 2.00 bits per heavy atom. The van der Waals surface area contributed by atoms with Crippen molar-refractivity contribution in [2.75, 3.05) is 13.1 Å². The second-order valence-corrected chi connectivity index (χ2v) is 5.22. The van der Waals surface area contributed by atoms with E-state index in [0.717, 1.165) is 12.8 Å². The molecule has 5 nitrogen and oxygen atoms in total. The average molecular weight is 242 g/mol. The Morgan fingerprint density at radius 3 is 2.41 bits per heavy atom. The number of carbonyl (C=O) groups excluding carboxylic acids is 1. The van der Waals surface area contributed by atoms with E-state index in [1.807, 2.05) is 13.8 Å². The van der Waals surface area contributed by atoms with Crippen LogP contribution in [-0.4, -0.2) is 41.0 Å². The van der Waals surface area contributed by atoms with Crippen LogP contribution in [0.15, 0.2) is 0 Å². The van der Waals surface area contributed by atoms with Gasteiger partial charge in [0, 0.05) is 19.0 Å². The van der Waals surface area contributed by atoms with Crippen molar-refractivity contribution in [2.45, 2.75) is 39.2 Å². The van der Waals surface area contributed by atoms with Crippen LogP contribution in [0.5, 0.6) is 0 Å². The highest BCUT2D eigenvalue weighted by atomic mass is 16.4. The molecule has 0 saturated heterocycles. The second-order valence-electron chi connectivity index (χ2n) is 5.22. The molecule has 0 aromatic heterocycles. The number of aliphatic carboxylic acids is 1. The predicted octanol–water partition coefficient (Wildman–Crippen LogP) is 0.683. The van der Waals surface area contributed by atoms with Gasteiger partial charge in [-0.2, -0.15) is 0 Å². The van der Waals surface area contributed by atoms with Gasteiger partial charge in [-0.3, -0.25) is 9.59 Å². The Morgan fingerprint density at radius 1 is 1.41 bits per heavy atom. The van der Waals surface area contributed by atoms with Gasteiger partial charge in [-0.15, -0.1) is 0 Å². The molecule has 0 bridgehead atoms. The summed E-state index contributed by atoms with van der Waals surface area (Å²) in [6.07, 6.45) is 2.43. The fourth-order valence-corrected chi connectivity index (χ4v) is 1.60. The Bertz CT molecular complexity index is 287. The molecule has 1 fully saturated rings. The average Bonchev–Trinajstić information content (AvgIpc) is 2.99. The van der Waals surface area contributed by atoms with Crippen LogP contribution in [0.2, 0.25) is 0 Å². The van der Waals surface area contributed by atoms with Gasteiger partial charge in [0.2, 0.25) is 5.91 Å². The van der Waals surface area contributed by atoms with E-state index in [1.165, 1.54) is 4.90 Å². The number of carbonyl (C=O) groups is 2. The Hall–Kier alpha value is -1.10. The van der Waals surface area contributed by atoms with Crippen LogP contribution in [0.25, 0.3) is 0 Å². The van der Waals surface area contributed by atoms with Crippen LogP contribution in [0, 0.1) is 11.8 Å². The van der Waals surface area contributed by atoms with E-state index in [-0.39, 0.29) is 30.8 Å². The minimum atomic E-state index is -0.961. The number of carboxylic acid groups (broad SMARTS) is 1. The van der Waals surface area contributed by atoms with Crippen molar-refractivity contribution in [1.82, 2.24) is 4.90 Å². The van der Waals surface area contributed by atoms with Crippen molar-refractivity contribution in [1.29, 1.82) is 0 Å². The van der Waals surface area contributed by atoms with Crippen molar-refractivity contribution < 1.29 is 14.7 Å². The molecule has 1 saturated carbocycles. The molecule has 1 aliphatic carbocycles. The van der Waals surface area contributed by atoms with Crippen molar-refractivity contribution in [2.24, 2.45) is 17.6 Å². The van der Waals surface area contributed by atoms with E-state index in [1.54, 1.807) is 0 Å². The predicted molar refractivity (Wildman–Crippen MR) is 64.4 cm³/mol. The maximum atomic E-state index is 11.9. The quantitative estimate of drug-likeness (QED) is 0.687. The molecule has 0 heterocycles. The van der Waals surface area contributed by atoms with Gasteiger partial charge in [-0.05, 0) is 24.7 Å². The van der Waals surface area contributed by atoms with Gasteiger partial charge >= 0.3 is 5.97 Å². The fraction of sp³-hybridized carbons (Fsp3) is 0.833. The summed E-state index contributed by atoms with van der Waals surface area (Å²) in [4.78, 5) is 24.1. The number of hydrogen-bond acceptors (Lipinski definition) is 3. The second kappa shape index (κ2) is 6.00. The van der Waals surface area contributed by atoms with Crippen LogP contribution < -0.4 is 5.73 Å². The largest absolute Gasteiger partial charge is 0.480 e. The molecule has 1 rings (SSSR count). The summed E-state index contributed by atoms with van der Waals surface area (Å²) < 4.78 is 0. The highest BCUT2D eigenvalue weighted by molar-refractivity contribution is 5.81. The number of amides is 1. The van der Waals surface area contributed by atoms with Crippen molar-refractivity contribution in [3.8, 4) is 0 Å². The summed E-state index contributed by atoms with van der Waals surface area (Å²) in [5.41, 5.74) is 5.84. The lowest BCUT2D eigenvalue weighted by atomic mass is 10.0. The van der Waals surface area contributed by atoms with Crippen LogP contribution in [0.3, 0.4) is 0 Å².